The monoisotopic (exact) mass is 305 g/mol. The predicted molar refractivity (Wildman–Crippen MR) is 91.9 cm³/mol. The van der Waals surface area contributed by atoms with Gasteiger partial charge < -0.3 is 10.0 Å². The molecule has 0 aliphatic carbocycles. The highest BCUT2D eigenvalue weighted by Crippen LogP contribution is 2.30. The zero-order valence-corrected chi connectivity index (χ0v) is 13.5. The van der Waals surface area contributed by atoms with Gasteiger partial charge in [-0.1, -0.05) is 54.6 Å². The molecule has 3 heteroatoms. The van der Waals surface area contributed by atoms with Crippen LogP contribution < -0.4 is 0 Å². The van der Waals surface area contributed by atoms with Crippen molar-refractivity contribution in [3.05, 3.63) is 60.2 Å². The van der Waals surface area contributed by atoms with E-state index >= 15 is 0 Å². The van der Waals surface area contributed by atoms with Gasteiger partial charge in [-0.05, 0) is 50.2 Å². The molecule has 2 aromatic carbocycles. The van der Waals surface area contributed by atoms with Gasteiger partial charge in [0.2, 0.25) is 0 Å². The maximum Gasteiger partial charge on any atom is 0.0796 e. The Morgan fingerprint density at radius 3 is 2.24 bits per heavy atom. The molecule has 1 atom stereocenters. The molecule has 0 radical (unpaired) electrons. The summed E-state index contributed by atoms with van der Waals surface area (Å²) in [6.45, 7) is 1.00. The molecule has 1 N–H and O–H groups in total. The van der Waals surface area contributed by atoms with Gasteiger partial charge in [0.1, 0.15) is 0 Å². The Bertz CT molecular complexity index is 528. The average molecular weight is 306 g/mol. The van der Waals surface area contributed by atoms with Crippen LogP contribution in [0.15, 0.2) is 54.6 Å². The molecular weight excluding hydrogens is 282 g/mol. The van der Waals surface area contributed by atoms with E-state index in [1.807, 2.05) is 36.4 Å². The fraction of sp³-hybridized carbons (Fsp3) is 0.333. The molecule has 21 heavy (non-hydrogen) atoms. The summed E-state index contributed by atoms with van der Waals surface area (Å²) in [6, 6.07) is 18.4. The molecule has 0 aliphatic heterocycles. The number of aliphatic hydroxyl groups is 1. The SMILES string of the molecule is CN(C)CCCC(O)c1ccccc1-c1ccccc1.Cl. The van der Waals surface area contributed by atoms with Crippen LogP contribution in [0, 0.1) is 0 Å². The van der Waals surface area contributed by atoms with Crippen molar-refractivity contribution >= 4 is 12.4 Å². The number of benzene rings is 2. The lowest BCUT2D eigenvalue weighted by Crippen LogP contribution is -2.14. The van der Waals surface area contributed by atoms with Gasteiger partial charge in [0.25, 0.3) is 0 Å². The predicted octanol–water partition coefficient (Wildman–Crippen LogP) is 4.15. The van der Waals surface area contributed by atoms with E-state index in [2.05, 4.69) is 37.2 Å². The second kappa shape index (κ2) is 8.83. The molecule has 2 nitrogen and oxygen atoms in total. The number of rotatable bonds is 6. The number of hydrogen-bond acceptors (Lipinski definition) is 2. The minimum atomic E-state index is -0.397. The molecule has 0 saturated heterocycles. The van der Waals surface area contributed by atoms with Crippen LogP contribution in [0.2, 0.25) is 0 Å². The fourth-order valence-corrected chi connectivity index (χ4v) is 2.42. The first-order chi connectivity index (χ1) is 9.68. The maximum atomic E-state index is 10.5. The Morgan fingerprint density at radius 2 is 1.57 bits per heavy atom. The van der Waals surface area contributed by atoms with Crippen LogP contribution in [-0.4, -0.2) is 30.6 Å². The quantitative estimate of drug-likeness (QED) is 0.866. The van der Waals surface area contributed by atoms with Gasteiger partial charge in [0, 0.05) is 0 Å². The first-order valence-electron chi connectivity index (χ1n) is 7.15. The molecule has 0 amide bonds. The maximum absolute atomic E-state index is 10.5. The van der Waals surface area contributed by atoms with Crippen LogP contribution in [0.1, 0.15) is 24.5 Å². The largest absolute Gasteiger partial charge is 0.388 e. The topological polar surface area (TPSA) is 23.5 Å². The summed E-state index contributed by atoms with van der Waals surface area (Å²) < 4.78 is 0. The number of aliphatic hydroxyl groups excluding tert-OH is 1. The van der Waals surface area contributed by atoms with Gasteiger partial charge in [-0.3, -0.25) is 0 Å². The summed E-state index contributed by atoms with van der Waals surface area (Å²) in [4.78, 5) is 2.15. The van der Waals surface area contributed by atoms with Crippen molar-refractivity contribution in [3.8, 4) is 11.1 Å². The van der Waals surface area contributed by atoms with Crippen molar-refractivity contribution < 1.29 is 5.11 Å². The number of nitrogens with zero attached hydrogens (tertiary/aromatic N) is 1. The van der Waals surface area contributed by atoms with Gasteiger partial charge in [-0.25, -0.2) is 0 Å². The Balaban J connectivity index is 0.00000220. The average Bonchev–Trinajstić information content (AvgIpc) is 2.47. The van der Waals surface area contributed by atoms with Crippen LogP contribution in [0.5, 0.6) is 0 Å². The van der Waals surface area contributed by atoms with Gasteiger partial charge in [-0.15, -0.1) is 12.4 Å². The third-order valence-corrected chi connectivity index (χ3v) is 3.49. The standard InChI is InChI=1S/C18H23NO.ClH/c1-19(2)14-8-13-18(20)17-12-7-6-11-16(17)15-9-4-3-5-10-15;/h3-7,9-12,18,20H,8,13-14H2,1-2H3;1H. The summed E-state index contributed by atoms with van der Waals surface area (Å²) in [5.41, 5.74) is 3.32. The van der Waals surface area contributed by atoms with E-state index in [-0.39, 0.29) is 12.4 Å². The van der Waals surface area contributed by atoms with Crippen LogP contribution in [-0.2, 0) is 0 Å². The number of hydrogen-bond donors (Lipinski definition) is 1. The van der Waals surface area contributed by atoms with Crippen molar-refractivity contribution in [1.29, 1.82) is 0 Å². The second-order valence-corrected chi connectivity index (χ2v) is 5.41. The molecule has 0 spiro atoms. The van der Waals surface area contributed by atoms with Gasteiger partial charge >= 0.3 is 0 Å². The summed E-state index contributed by atoms with van der Waals surface area (Å²) >= 11 is 0. The third-order valence-electron chi connectivity index (χ3n) is 3.49. The lowest BCUT2D eigenvalue weighted by molar-refractivity contribution is 0.161. The summed E-state index contributed by atoms with van der Waals surface area (Å²) in [7, 11) is 4.12. The molecule has 2 rings (SSSR count). The van der Waals surface area contributed by atoms with Crippen molar-refractivity contribution in [3.63, 3.8) is 0 Å². The Morgan fingerprint density at radius 1 is 0.952 bits per heavy atom. The molecule has 0 aromatic heterocycles. The minimum absolute atomic E-state index is 0. The zero-order chi connectivity index (χ0) is 14.4. The van der Waals surface area contributed by atoms with E-state index in [9.17, 15) is 5.11 Å². The fourth-order valence-electron chi connectivity index (χ4n) is 2.42. The second-order valence-electron chi connectivity index (χ2n) is 5.41. The Labute approximate surface area is 133 Å². The molecule has 0 aliphatic rings. The number of halogens is 1. The van der Waals surface area contributed by atoms with Crippen LogP contribution in [0.25, 0.3) is 11.1 Å². The summed E-state index contributed by atoms with van der Waals surface area (Å²) in [6.07, 6.45) is 1.39. The van der Waals surface area contributed by atoms with E-state index in [1.54, 1.807) is 0 Å². The lowest BCUT2D eigenvalue weighted by atomic mass is 9.94. The molecule has 2 aromatic rings. The first kappa shape index (κ1) is 17.7. The van der Waals surface area contributed by atoms with Crippen LogP contribution in [0.3, 0.4) is 0 Å². The highest BCUT2D eigenvalue weighted by atomic mass is 35.5. The molecule has 0 bridgehead atoms. The normalized spacial score (nSPS) is 12.0. The Kier molecular flexibility index (Phi) is 7.44. The van der Waals surface area contributed by atoms with Gasteiger partial charge in [-0.2, -0.15) is 0 Å². The Hall–Kier alpha value is -1.35. The highest BCUT2D eigenvalue weighted by molar-refractivity contribution is 5.85. The van der Waals surface area contributed by atoms with Crippen LogP contribution >= 0.6 is 12.4 Å². The minimum Gasteiger partial charge on any atom is -0.388 e. The summed E-state index contributed by atoms with van der Waals surface area (Å²) in [5, 5.41) is 10.5. The molecular formula is C18H24ClNO. The van der Waals surface area contributed by atoms with Crippen molar-refractivity contribution in [2.24, 2.45) is 0 Å². The summed E-state index contributed by atoms with van der Waals surface area (Å²) in [5.74, 6) is 0. The van der Waals surface area contributed by atoms with Gasteiger partial charge in [0.15, 0.2) is 0 Å². The smallest absolute Gasteiger partial charge is 0.0796 e. The van der Waals surface area contributed by atoms with E-state index in [1.165, 1.54) is 0 Å². The van der Waals surface area contributed by atoms with Gasteiger partial charge in [0.05, 0.1) is 6.10 Å². The highest BCUT2D eigenvalue weighted by Gasteiger charge is 2.12. The first-order valence-corrected chi connectivity index (χ1v) is 7.15. The zero-order valence-electron chi connectivity index (χ0n) is 12.7. The van der Waals surface area contributed by atoms with E-state index in [0.717, 1.165) is 36.1 Å². The molecule has 0 heterocycles. The van der Waals surface area contributed by atoms with Crippen molar-refractivity contribution in [2.75, 3.05) is 20.6 Å². The lowest BCUT2D eigenvalue weighted by Gasteiger charge is -2.17. The van der Waals surface area contributed by atoms with Crippen LogP contribution in [0.4, 0.5) is 0 Å². The third kappa shape index (κ3) is 5.16. The van der Waals surface area contributed by atoms with E-state index < -0.39 is 6.10 Å². The molecule has 1 unspecified atom stereocenters. The van der Waals surface area contributed by atoms with E-state index in [4.69, 9.17) is 0 Å². The van der Waals surface area contributed by atoms with Crippen molar-refractivity contribution in [2.45, 2.75) is 18.9 Å². The van der Waals surface area contributed by atoms with E-state index in [0.29, 0.717) is 0 Å². The molecule has 0 saturated carbocycles. The van der Waals surface area contributed by atoms with Crippen molar-refractivity contribution in [1.82, 2.24) is 4.90 Å². The molecule has 114 valence electrons. The molecule has 0 fully saturated rings.